The van der Waals surface area contributed by atoms with E-state index in [0.29, 0.717) is 12.1 Å². The second-order valence-corrected chi connectivity index (χ2v) is 4.56. The third-order valence-corrected chi connectivity index (χ3v) is 3.19. The Labute approximate surface area is 114 Å². The molecule has 0 bridgehead atoms. The van der Waals surface area contributed by atoms with Gasteiger partial charge in [0.2, 0.25) is 0 Å². The molecule has 110 valence electrons. The van der Waals surface area contributed by atoms with Gasteiger partial charge in [0.1, 0.15) is 0 Å². The molecule has 2 heterocycles. The third-order valence-electron chi connectivity index (χ3n) is 3.19. The number of anilines is 1. The van der Waals surface area contributed by atoms with Gasteiger partial charge in [0.25, 0.3) is 0 Å². The highest BCUT2D eigenvalue weighted by molar-refractivity contribution is 5.45. The van der Waals surface area contributed by atoms with Crippen molar-refractivity contribution in [3.63, 3.8) is 0 Å². The summed E-state index contributed by atoms with van der Waals surface area (Å²) in [5.41, 5.74) is -0.108. The van der Waals surface area contributed by atoms with E-state index in [2.05, 4.69) is 10.3 Å². The zero-order chi connectivity index (χ0) is 14.8. The van der Waals surface area contributed by atoms with Crippen molar-refractivity contribution in [3.8, 4) is 0 Å². The molecular weight excluding hydrogens is 274 g/mol. The molecule has 7 heteroatoms. The lowest BCUT2D eigenvalue weighted by atomic mass is 10.1. The Morgan fingerprint density at radius 3 is 2.70 bits per heavy atom. The predicted molar refractivity (Wildman–Crippen MR) is 67.9 cm³/mol. The Kier molecular flexibility index (Phi) is 4.27. The van der Waals surface area contributed by atoms with Crippen LogP contribution in [0.25, 0.3) is 0 Å². The molecule has 3 nitrogen and oxygen atoms in total. The normalized spacial score (nSPS) is 16.2. The minimum atomic E-state index is -4.30. The number of aromatic nitrogens is 1. The van der Waals surface area contributed by atoms with Crippen LogP contribution in [0, 0.1) is 5.82 Å². The van der Waals surface area contributed by atoms with Crippen LogP contribution in [-0.2, 0) is 6.54 Å². The minimum Gasteiger partial charge on any atom is -0.350 e. The minimum absolute atomic E-state index is 0.0156. The summed E-state index contributed by atoms with van der Waals surface area (Å²) >= 11 is 0. The van der Waals surface area contributed by atoms with E-state index in [-0.39, 0.29) is 25.3 Å². The summed E-state index contributed by atoms with van der Waals surface area (Å²) in [5.74, 6) is -0.374. The van der Waals surface area contributed by atoms with E-state index in [1.807, 2.05) is 0 Å². The first-order valence-corrected chi connectivity index (χ1v) is 6.22. The zero-order valence-electron chi connectivity index (χ0n) is 11.0. The summed E-state index contributed by atoms with van der Waals surface area (Å²) in [6.45, 7) is 0.471. The molecule has 0 spiro atoms. The standard InChI is InChI=1S/C13H15F4N3/c1-18-8-9-2-5-19-12(11(9)14)20-6-3-10(4-7-20)13(15,16)17/h2-3,5,18H,4,6-8H2,1H3. The lowest BCUT2D eigenvalue weighted by molar-refractivity contribution is -0.0944. The highest BCUT2D eigenvalue weighted by Gasteiger charge is 2.35. The highest BCUT2D eigenvalue weighted by atomic mass is 19.4. The largest absolute Gasteiger partial charge is 0.412 e. The number of nitrogens with one attached hydrogen (secondary N) is 1. The van der Waals surface area contributed by atoms with Crippen LogP contribution in [0.15, 0.2) is 23.9 Å². The van der Waals surface area contributed by atoms with Crippen LogP contribution in [0.4, 0.5) is 23.4 Å². The Morgan fingerprint density at radius 2 is 2.15 bits per heavy atom. The highest BCUT2D eigenvalue weighted by Crippen LogP contribution is 2.31. The first kappa shape index (κ1) is 14.8. The summed E-state index contributed by atoms with van der Waals surface area (Å²) in [6.07, 6.45) is -1.89. The molecule has 2 rings (SSSR count). The lowest BCUT2D eigenvalue weighted by Crippen LogP contribution is -2.33. The summed E-state index contributed by atoms with van der Waals surface area (Å²) in [4.78, 5) is 5.46. The van der Waals surface area contributed by atoms with Gasteiger partial charge in [-0.1, -0.05) is 6.08 Å². The zero-order valence-corrected chi connectivity index (χ0v) is 11.0. The molecule has 1 aliphatic heterocycles. The summed E-state index contributed by atoms with van der Waals surface area (Å²) in [6, 6.07) is 1.55. The lowest BCUT2D eigenvalue weighted by Gasteiger charge is -2.28. The van der Waals surface area contributed by atoms with Crippen LogP contribution in [0.1, 0.15) is 12.0 Å². The van der Waals surface area contributed by atoms with Crippen molar-refractivity contribution in [3.05, 3.63) is 35.3 Å². The van der Waals surface area contributed by atoms with Crippen LogP contribution >= 0.6 is 0 Å². The molecule has 1 aromatic heterocycles. The van der Waals surface area contributed by atoms with Gasteiger partial charge in [-0.15, -0.1) is 0 Å². The van der Waals surface area contributed by atoms with E-state index in [1.165, 1.54) is 11.1 Å². The van der Waals surface area contributed by atoms with Crippen LogP contribution in [-0.4, -0.2) is 31.3 Å². The number of hydrogen-bond donors (Lipinski definition) is 1. The van der Waals surface area contributed by atoms with Crippen molar-refractivity contribution in [2.45, 2.75) is 19.1 Å². The fraction of sp³-hybridized carbons (Fsp3) is 0.462. The molecule has 0 radical (unpaired) electrons. The maximum Gasteiger partial charge on any atom is 0.412 e. The van der Waals surface area contributed by atoms with Gasteiger partial charge in [0.05, 0.1) is 0 Å². The monoisotopic (exact) mass is 289 g/mol. The Balaban J connectivity index is 2.19. The average molecular weight is 289 g/mol. The summed E-state index contributed by atoms with van der Waals surface area (Å²) in [7, 11) is 1.69. The van der Waals surface area contributed by atoms with Crippen molar-refractivity contribution in [2.24, 2.45) is 0 Å². The van der Waals surface area contributed by atoms with E-state index < -0.39 is 17.6 Å². The maximum atomic E-state index is 14.2. The summed E-state index contributed by atoms with van der Waals surface area (Å²) in [5, 5.41) is 2.83. The van der Waals surface area contributed by atoms with Crippen LogP contribution in [0.3, 0.4) is 0 Å². The molecule has 0 saturated heterocycles. The smallest absolute Gasteiger partial charge is 0.350 e. The van der Waals surface area contributed by atoms with Gasteiger partial charge < -0.3 is 10.2 Å². The van der Waals surface area contributed by atoms with Gasteiger partial charge in [0, 0.05) is 37.0 Å². The Bertz CT molecular complexity index is 511. The van der Waals surface area contributed by atoms with Crippen molar-refractivity contribution in [2.75, 3.05) is 25.0 Å². The SMILES string of the molecule is CNCc1ccnc(N2CC=C(C(F)(F)F)CC2)c1F. The van der Waals surface area contributed by atoms with Crippen LogP contribution in [0.5, 0.6) is 0 Å². The first-order valence-electron chi connectivity index (χ1n) is 6.22. The molecule has 0 atom stereocenters. The molecular formula is C13H15F4N3. The summed E-state index contributed by atoms with van der Waals surface area (Å²) < 4.78 is 51.8. The van der Waals surface area contributed by atoms with Crippen molar-refractivity contribution < 1.29 is 17.6 Å². The van der Waals surface area contributed by atoms with Crippen molar-refractivity contribution in [1.29, 1.82) is 0 Å². The number of rotatable bonds is 3. The van der Waals surface area contributed by atoms with Crippen LogP contribution < -0.4 is 10.2 Å². The molecule has 1 aromatic rings. The molecule has 0 amide bonds. The van der Waals surface area contributed by atoms with Gasteiger partial charge in [-0.3, -0.25) is 0 Å². The van der Waals surface area contributed by atoms with E-state index in [1.54, 1.807) is 13.1 Å². The third kappa shape index (κ3) is 3.09. The van der Waals surface area contributed by atoms with Crippen LogP contribution in [0.2, 0.25) is 0 Å². The Morgan fingerprint density at radius 1 is 1.40 bits per heavy atom. The molecule has 0 fully saturated rings. The molecule has 0 saturated carbocycles. The topological polar surface area (TPSA) is 28.2 Å². The molecule has 0 aliphatic carbocycles. The van der Waals surface area contributed by atoms with E-state index in [4.69, 9.17) is 0 Å². The van der Waals surface area contributed by atoms with Gasteiger partial charge in [-0.25, -0.2) is 9.37 Å². The average Bonchev–Trinajstić information content (AvgIpc) is 2.41. The predicted octanol–water partition coefficient (Wildman–Crippen LogP) is 2.64. The van der Waals surface area contributed by atoms with Crippen molar-refractivity contribution >= 4 is 5.82 Å². The Hall–Kier alpha value is -1.63. The fourth-order valence-corrected chi connectivity index (χ4v) is 2.14. The quantitative estimate of drug-likeness (QED) is 0.685. The van der Waals surface area contributed by atoms with Crippen molar-refractivity contribution in [1.82, 2.24) is 10.3 Å². The van der Waals surface area contributed by atoms with E-state index >= 15 is 0 Å². The second kappa shape index (κ2) is 5.78. The number of halogens is 4. The van der Waals surface area contributed by atoms with E-state index in [9.17, 15) is 17.6 Å². The number of pyridine rings is 1. The number of nitrogens with zero attached hydrogens (tertiary/aromatic N) is 2. The number of alkyl halides is 3. The first-order chi connectivity index (χ1) is 9.43. The van der Waals surface area contributed by atoms with E-state index in [0.717, 1.165) is 6.08 Å². The molecule has 0 aromatic carbocycles. The molecule has 0 unspecified atom stereocenters. The van der Waals surface area contributed by atoms with Gasteiger partial charge in [-0.2, -0.15) is 13.2 Å². The molecule has 1 aliphatic rings. The fourth-order valence-electron chi connectivity index (χ4n) is 2.14. The van der Waals surface area contributed by atoms with Gasteiger partial charge in [-0.05, 0) is 19.5 Å². The van der Waals surface area contributed by atoms with Gasteiger partial charge >= 0.3 is 6.18 Å². The number of hydrogen-bond acceptors (Lipinski definition) is 3. The molecule has 20 heavy (non-hydrogen) atoms. The van der Waals surface area contributed by atoms with Gasteiger partial charge in [0.15, 0.2) is 11.6 Å². The maximum absolute atomic E-state index is 14.2. The second-order valence-electron chi connectivity index (χ2n) is 4.56. The molecule has 1 N–H and O–H groups in total.